The molecule has 1 atom stereocenters. The molecule has 0 radical (unpaired) electrons. The average Bonchev–Trinajstić information content (AvgIpc) is 2.49. The lowest BCUT2D eigenvalue weighted by Gasteiger charge is -2.04. The van der Waals surface area contributed by atoms with Crippen LogP contribution in [-0.4, -0.2) is 11.7 Å². The third-order valence-corrected chi connectivity index (χ3v) is 2.08. The van der Waals surface area contributed by atoms with E-state index in [9.17, 15) is 5.11 Å². The third-order valence-electron chi connectivity index (χ3n) is 2.08. The number of phenolic OH excluding ortho intramolecular Hbond substituents is 1. The Labute approximate surface area is 75.2 Å². The van der Waals surface area contributed by atoms with Gasteiger partial charge in [-0.1, -0.05) is 0 Å². The first-order valence-electron chi connectivity index (χ1n) is 3.88. The lowest BCUT2D eigenvalue weighted by molar-refractivity contribution is 0.333. The molecule has 4 heteroatoms. The molecule has 2 rings (SSSR count). The number of ether oxygens (including phenoxy) is 1. The highest BCUT2D eigenvalue weighted by molar-refractivity contribution is 5.57. The number of hydrogen-bond donors (Lipinski definition) is 2. The van der Waals surface area contributed by atoms with Gasteiger partial charge in [0.15, 0.2) is 0 Å². The quantitative estimate of drug-likeness (QED) is 0.608. The third kappa shape index (κ3) is 1.02. The standard InChI is InChI=1S/C9H8N2O2/c10-3-5-7(12)1-2-8-9(5)6(11)4-13-8/h1-2,6,12H,4,11H2/t6-/m0/s1. The number of rotatable bonds is 0. The molecule has 1 aromatic rings. The number of phenols is 1. The molecule has 0 amide bonds. The van der Waals surface area contributed by atoms with Gasteiger partial charge in [-0.3, -0.25) is 0 Å². The second kappa shape index (κ2) is 2.64. The molecule has 4 nitrogen and oxygen atoms in total. The first kappa shape index (κ1) is 7.90. The smallest absolute Gasteiger partial charge is 0.133 e. The van der Waals surface area contributed by atoms with Crippen LogP contribution in [0, 0.1) is 11.3 Å². The van der Waals surface area contributed by atoms with Crippen LogP contribution < -0.4 is 10.5 Å². The van der Waals surface area contributed by atoms with Crippen molar-refractivity contribution >= 4 is 0 Å². The summed E-state index contributed by atoms with van der Waals surface area (Å²) < 4.78 is 5.22. The summed E-state index contributed by atoms with van der Waals surface area (Å²) in [7, 11) is 0. The molecule has 0 unspecified atom stereocenters. The van der Waals surface area contributed by atoms with Crippen LogP contribution in [0.3, 0.4) is 0 Å². The molecule has 1 aromatic carbocycles. The van der Waals surface area contributed by atoms with E-state index in [1.54, 1.807) is 6.07 Å². The van der Waals surface area contributed by atoms with Gasteiger partial charge >= 0.3 is 0 Å². The van der Waals surface area contributed by atoms with Crippen LogP contribution in [0.4, 0.5) is 0 Å². The molecular weight excluding hydrogens is 168 g/mol. The van der Waals surface area contributed by atoms with E-state index in [0.717, 1.165) is 0 Å². The van der Waals surface area contributed by atoms with Crippen LogP contribution in [0.5, 0.6) is 11.5 Å². The minimum Gasteiger partial charge on any atom is -0.507 e. The second-order valence-corrected chi connectivity index (χ2v) is 2.90. The van der Waals surface area contributed by atoms with Crippen molar-refractivity contribution in [2.75, 3.05) is 6.61 Å². The summed E-state index contributed by atoms with van der Waals surface area (Å²) >= 11 is 0. The highest BCUT2D eigenvalue weighted by Crippen LogP contribution is 2.37. The Kier molecular flexibility index (Phi) is 1.61. The van der Waals surface area contributed by atoms with Gasteiger partial charge in [0.25, 0.3) is 0 Å². The minimum absolute atomic E-state index is 0.0396. The number of nitrogens with zero attached hydrogens (tertiary/aromatic N) is 1. The zero-order valence-corrected chi connectivity index (χ0v) is 6.82. The number of benzene rings is 1. The van der Waals surface area contributed by atoms with Gasteiger partial charge in [0.1, 0.15) is 29.7 Å². The number of nitrogens with two attached hydrogens (primary N) is 1. The zero-order chi connectivity index (χ0) is 9.42. The molecule has 13 heavy (non-hydrogen) atoms. The van der Waals surface area contributed by atoms with Gasteiger partial charge in [0, 0.05) is 5.56 Å². The summed E-state index contributed by atoms with van der Waals surface area (Å²) in [5, 5.41) is 18.1. The van der Waals surface area contributed by atoms with Crippen molar-refractivity contribution in [2.24, 2.45) is 5.73 Å². The van der Waals surface area contributed by atoms with E-state index in [4.69, 9.17) is 15.7 Å². The fourth-order valence-electron chi connectivity index (χ4n) is 1.46. The maximum absolute atomic E-state index is 9.36. The molecule has 0 saturated carbocycles. The van der Waals surface area contributed by atoms with Gasteiger partial charge in [-0.15, -0.1) is 0 Å². The van der Waals surface area contributed by atoms with E-state index >= 15 is 0 Å². The van der Waals surface area contributed by atoms with Crippen molar-refractivity contribution in [3.63, 3.8) is 0 Å². The molecule has 0 aromatic heterocycles. The Morgan fingerprint density at radius 1 is 1.62 bits per heavy atom. The summed E-state index contributed by atoms with van der Waals surface area (Å²) in [6.07, 6.45) is 0. The van der Waals surface area contributed by atoms with Crippen LogP contribution >= 0.6 is 0 Å². The molecule has 0 aliphatic carbocycles. The summed E-state index contributed by atoms with van der Waals surface area (Å²) in [6, 6.07) is 4.67. The summed E-state index contributed by atoms with van der Waals surface area (Å²) in [4.78, 5) is 0. The highest BCUT2D eigenvalue weighted by Gasteiger charge is 2.25. The first-order valence-corrected chi connectivity index (χ1v) is 3.88. The number of hydrogen-bond acceptors (Lipinski definition) is 4. The van der Waals surface area contributed by atoms with E-state index in [2.05, 4.69) is 0 Å². The fourth-order valence-corrected chi connectivity index (χ4v) is 1.46. The molecule has 1 heterocycles. The van der Waals surface area contributed by atoms with Crippen LogP contribution in [-0.2, 0) is 0 Å². The lowest BCUT2D eigenvalue weighted by atomic mass is 10.0. The largest absolute Gasteiger partial charge is 0.507 e. The van der Waals surface area contributed by atoms with Gasteiger partial charge in [0.2, 0.25) is 0 Å². The van der Waals surface area contributed by atoms with E-state index in [1.807, 2.05) is 6.07 Å². The number of aromatic hydroxyl groups is 1. The molecule has 0 fully saturated rings. The predicted octanol–water partition coefficient (Wildman–Crippen LogP) is 0.656. The molecule has 0 bridgehead atoms. The van der Waals surface area contributed by atoms with Gasteiger partial charge < -0.3 is 15.6 Å². The van der Waals surface area contributed by atoms with Crippen LogP contribution in [0.1, 0.15) is 17.2 Å². The van der Waals surface area contributed by atoms with Gasteiger partial charge in [0.05, 0.1) is 6.04 Å². The van der Waals surface area contributed by atoms with Crippen molar-refractivity contribution in [3.05, 3.63) is 23.3 Å². The maximum Gasteiger partial charge on any atom is 0.133 e. The SMILES string of the molecule is N#Cc1c(O)ccc2c1[C@@H](N)CO2. The van der Waals surface area contributed by atoms with Crippen LogP contribution in [0.15, 0.2) is 12.1 Å². The summed E-state index contributed by atoms with van der Waals surface area (Å²) in [5.74, 6) is 0.559. The lowest BCUT2D eigenvalue weighted by Crippen LogP contribution is -2.12. The van der Waals surface area contributed by atoms with Crippen molar-refractivity contribution in [1.29, 1.82) is 5.26 Å². The molecular formula is C9H8N2O2. The average molecular weight is 176 g/mol. The Hall–Kier alpha value is -1.73. The Morgan fingerprint density at radius 2 is 2.38 bits per heavy atom. The molecule has 0 saturated heterocycles. The predicted molar refractivity (Wildman–Crippen MR) is 45.2 cm³/mol. The Bertz CT molecular complexity index is 395. The van der Waals surface area contributed by atoms with Crippen LogP contribution in [0.25, 0.3) is 0 Å². The normalized spacial score (nSPS) is 18.9. The second-order valence-electron chi connectivity index (χ2n) is 2.90. The van der Waals surface area contributed by atoms with Crippen molar-refractivity contribution < 1.29 is 9.84 Å². The summed E-state index contributed by atoms with van der Waals surface area (Å²) in [6.45, 7) is 0.369. The van der Waals surface area contributed by atoms with E-state index in [-0.39, 0.29) is 17.4 Å². The Morgan fingerprint density at radius 3 is 3.08 bits per heavy atom. The maximum atomic E-state index is 9.36. The van der Waals surface area contributed by atoms with Gasteiger partial charge in [-0.05, 0) is 12.1 Å². The molecule has 1 aliphatic heterocycles. The molecule has 3 N–H and O–H groups in total. The van der Waals surface area contributed by atoms with E-state index < -0.39 is 0 Å². The van der Waals surface area contributed by atoms with Crippen molar-refractivity contribution in [2.45, 2.75) is 6.04 Å². The topological polar surface area (TPSA) is 79.3 Å². The van der Waals surface area contributed by atoms with E-state index in [1.165, 1.54) is 6.07 Å². The fraction of sp³-hybridized carbons (Fsp3) is 0.222. The highest BCUT2D eigenvalue weighted by atomic mass is 16.5. The van der Waals surface area contributed by atoms with Crippen molar-refractivity contribution in [3.8, 4) is 17.6 Å². The molecule has 66 valence electrons. The summed E-state index contributed by atoms with van der Waals surface area (Å²) in [5.41, 5.74) is 6.54. The van der Waals surface area contributed by atoms with Crippen LogP contribution in [0.2, 0.25) is 0 Å². The first-order chi connectivity index (χ1) is 6.24. The van der Waals surface area contributed by atoms with Gasteiger partial charge in [-0.25, -0.2) is 0 Å². The monoisotopic (exact) mass is 176 g/mol. The van der Waals surface area contributed by atoms with E-state index in [0.29, 0.717) is 17.9 Å². The molecule has 1 aliphatic rings. The van der Waals surface area contributed by atoms with Gasteiger partial charge in [-0.2, -0.15) is 5.26 Å². The molecule has 0 spiro atoms. The number of nitriles is 1. The minimum atomic E-state index is -0.309. The van der Waals surface area contributed by atoms with Crippen molar-refractivity contribution in [1.82, 2.24) is 0 Å². The number of fused-ring (bicyclic) bond motifs is 1. The zero-order valence-electron chi connectivity index (χ0n) is 6.82. The Balaban J connectivity index is 2.69.